The minimum atomic E-state index is -0.186. The monoisotopic (exact) mass is 259 g/mol. The van der Waals surface area contributed by atoms with Gasteiger partial charge in [-0.05, 0) is 39.3 Å². The summed E-state index contributed by atoms with van der Waals surface area (Å²) in [5.74, 6) is 0.306. The fourth-order valence-electron chi connectivity index (χ4n) is 1.12. The predicted octanol–water partition coefficient (Wildman–Crippen LogP) is 2.21. The molecule has 0 aliphatic heterocycles. The van der Waals surface area contributed by atoms with E-state index in [-0.39, 0.29) is 10.9 Å². The normalized spacial score (nSPS) is 11.6. The van der Waals surface area contributed by atoms with Crippen LogP contribution in [-0.2, 0) is 4.74 Å². The molecule has 1 rings (SSSR count). The first-order valence-electron chi connectivity index (χ1n) is 5.36. The summed E-state index contributed by atoms with van der Waals surface area (Å²) >= 11 is 5.72. The zero-order valence-corrected chi connectivity index (χ0v) is 11.3. The molecule has 0 fully saturated rings. The van der Waals surface area contributed by atoms with E-state index in [2.05, 4.69) is 9.97 Å². The second-order valence-corrected chi connectivity index (χ2v) is 4.94. The van der Waals surface area contributed by atoms with Crippen LogP contribution in [0.1, 0.15) is 26.5 Å². The molecule has 0 radical (unpaired) electrons. The van der Waals surface area contributed by atoms with Crippen molar-refractivity contribution in [3.05, 3.63) is 11.0 Å². The lowest BCUT2D eigenvalue weighted by atomic mass is 10.2. The quantitative estimate of drug-likeness (QED) is 0.663. The Morgan fingerprint density at radius 2 is 1.88 bits per heavy atom. The van der Waals surface area contributed by atoms with Gasteiger partial charge in [0.2, 0.25) is 11.2 Å². The van der Waals surface area contributed by atoms with Gasteiger partial charge in [0.05, 0.1) is 17.9 Å². The Hall–Kier alpha value is -1.07. The summed E-state index contributed by atoms with van der Waals surface area (Å²) < 4.78 is 10.9. The van der Waals surface area contributed by atoms with Gasteiger partial charge in [0.25, 0.3) is 0 Å². The molecular weight excluding hydrogens is 242 g/mol. The summed E-state index contributed by atoms with van der Waals surface area (Å²) in [5, 5.41) is 0.128. The fraction of sp³-hybridized carbons (Fsp3) is 0.636. The number of aryl methyl sites for hydroxylation is 1. The smallest absolute Gasteiger partial charge is 0.241 e. The summed E-state index contributed by atoms with van der Waals surface area (Å²) in [4.78, 5) is 7.84. The Bertz CT molecular complexity index is 391. The third-order valence-corrected chi connectivity index (χ3v) is 2.10. The van der Waals surface area contributed by atoms with Gasteiger partial charge in [0.15, 0.2) is 0 Å². The van der Waals surface area contributed by atoms with Crippen LogP contribution in [0.15, 0.2) is 0 Å². The van der Waals surface area contributed by atoms with E-state index < -0.39 is 0 Å². The highest BCUT2D eigenvalue weighted by atomic mass is 35.5. The van der Waals surface area contributed by atoms with E-state index in [1.807, 2.05) is 20.8 Å². The minimum absolute atomic E-state index is 0.128. The van der Waals surface area contributed by atoms with Crippen LogP contribution in [0.4, 0.5) is 5.69 Å². The fourth-order valence-corrected chi connectivity index (χ4v) is 1.32. The SMILES string of the molecule is Cc1nc(Cl)nc(OCCOC(C)(C)C)c1N. The molecule has 0 unspecified atom stereocenters. The van der Waals surface area contributed by atoms with E-state index in [4.69, 9.17) is 26.8 Å². The number of nitrogens with two attached hydrogens (primary N) is 1. The van der Waals surface area contributed by atoms with Gasteiger partial charge in [0.1, 0.15) is 12.3 Å². The Morgan fingerprint density at radius 3 is 2.47 bits per heavy atom. The second kappa shape index (κ2) is 5.51. The number of aromatic nitrogens is 2. The molecule has 0 aromatic carbocycles. The van der Waals surface area contributed by atoms with Gasteiger partial charge in [-0.2, -0.15) is 4.98 Å². The van der Waals surface area contributed by atoms with E-state index in [1.54, 1.807) is 6.92 Å². The van der Waals surface area contributed by atoms with Gasteiger partial charge >= 0.3 is 0 Å². The first kappa shape index (κ1) is 14.0. The number of nitrogen functional groups attached to an aromatic ring is 1. The molecule has 0 aliphatic carbocycles. The molecule has 0 saturated heterocycles. The van der Waals surface area contributed by atoms with Crippen molar-refractivity contribution in [2.45, 2.75) is 33.3 Å². The molecule has 1 heterocycles. The number of hydrogen-bond acceptors (Lipinski definition) is 5. The van der Waals surface area contributed by atoms with Crippen LogP contribution in [0.3, 0.4) is 0 Å². The predicted molar refractivity (Wildman–Crippen MR) is 67.4 cm³/mol. The molecule has 96 valence electrons. The average Bonchev–Trinajstić information content (AvgIpc) is 2.18. The summed E-state index contributed by atoms with van der Waals surface area (Å²) in [6.07, 6.45) is 0. The van der Waals surface area contributed by atoms with Crippen LogP contribution < -0.4 is 10.5 Å². The maximum atomic E-state index is 5.77. The zero-order chi connectivity index (χ0) is 13.1. The van der Waals surface area contributed by atoms with Gasteiger partial charge in [0, 0.05) is 0 Å². The highest BCUT2D eigenvalue weighted by Crippen LogP contribution is 2.22. The van der Waals surface area contributed by atoms with E-state index in [9.17, 15) is 0 Å². The second-order valence-electron chi connectivity index (χ2n) is 4.61. The first-order chi connectivity index (χ1) is 7.79. The highest BCUT2D eigenvalue weighted by molar-refractivity contribution is 6.28. The Labute approximate surface area is 106 Å². The molecule has 0 aliphatic rings. The van der Waals surface area contributed by atoms with Gasteiger partial charge in [-0.3, -0.25) is 0 Å². The first-order valence-corrected chi connectivity index (χ1v) is 5.74. The largest absolute Gasteiger partial charge is 0.474 e. The van der Waals surface area contributed by atoms with Gasteiger partial charge in [-0.25, -0.2) is 4.98 Å². The van der Waals surface area contributed by atoms with E-state index >= 15 is 0 Å². The van der Waals surface area contributed by atoms with Crippen LogP contribution in [0.25, 0.3) is 0 Å². The number of anilines is 1. The molecule has 0 spiro atoms. The van der Waals surface area contributed by atoms with E-state index in [0.29, 0.717) is 30.5 Å². The molecule has 0 amide bonds. The molecule has 1 aromatic rings. The van der Waals surface area contributed by atoms with Crippen LogP contribution in [0, 0.1) is 6.92 Å². The van der Waals surface area contributed by atoms with Crippen LogP contribution in [-0.4, -0.2) is 28.8 Å². The van der Waals surface area contributed by atoms with Crippen molar-refractivity contribution in [2.24, 2.45) is 0 Å². The van der Waals surface area contributed by atoms with E-state index in [0.717, 1.165) is 0 Å². The van der Waals surface area contributed by atoms with Crippen molar-refractivity contribution in [1.82, 2.24) is 9.97 Å². The van der Waals surface area contributed by atoms with Crippen molar-refractivity contribution >= 4 is 17.3 Å². The lowest BCUT2D eigenvalue weighted by Gasteiger charge is -2.19. The zero-order valence-electron chi connectivity index (χ0n) is 10.6. The van der Waals surface area contributed by atoms with Crippen LogP contribution in [0.5, 0.6) is 5.88 Å². The minimum Gasteiger partial charge on any atom is -0.474 e. The Kier molecular flexibility index (Phi) is 4.54. The lowest BCUT2D eigenvalue weighted by molar-refractivity contribution is -0.0167. The third kappa shape index (κ3) is 4.75. The van der Waals surface area contributed by atoms with Crippen molar-refractivity contribution in [2.75, 3.05) is 18.9 Å². The molecule has 17 heavy (non-hydrogen) atoms. The molecule has 1 aromatic heterocycles. The Morgan fingerprint density at radius 1 is 1.24 bits per heavy atom. The molecule has 0 saturated carbocycles. The molecule has 5 nitrogen and oxygen atoms in total. The number of rotatable bonds is 4. The summed E-state index contributed by atoms with van der Waals surface area (Å²) in [6.45, 7) is 8.52. The molecule has 0 atom stereocenters. The standard InChI is InChI=1S/C11H18ClN3O2/c1-7-8(13)9(15-10(12)14-7)16-5-6-17-11(2,3)4/h5-6,13H2,1-4H3. The maximum Gasteiger partial charge on any atom is 0.241 e. The molecular formula is C11H18ClN3O2. The van der Waals surface area contributed by atoms with Gasteiger partial charge in [-0.15, -0.1) is 0 Å². The average molecular weight is 260 g/mol. The molecule has 6 heteroatoms. The number of nitrogens with zero attached hydrogens (tertiary/aromatic N) is 2. The van der Waals surface area contributed by atoms with Crippen molar-refractivity contribution in [1.29, 1.82) is 0 Å². The van der Waals surface area contributed by atoms with Crippen molar-refractivity contribution in [3.8, 4) is 5.88 Å². The summed E-state index contributed by atoms with van der Waals surface area (Å²) in [5.41, 5.74) is 6.60. The van der Waals surface area contributed by atoms with Crippen molar-refractivity contribution in [3.63, 3.8) is 0 Å². The Balaban J connectivity index is 2.52. The summed E-state index contributed by atoms with van der Waals surface area (Å²) in [7, 11) is 0. The number of ether oxygens (including phenoxy) is 2. The number of halogens is 1. The molecule has 0 bridgehead atoms. The van der Waals surface area contributed by atoms with E-state index in [1.165, 1.54) is 0 Å². The maximum absolute atomic E-state index is 5.77. The highest BCUT2D eigenvalue weighted by Gasteiger charge is 2.11. The van der Waals surface area contributed by atoms with Gasteiger partial charge in [-0.1, -0.05) is 0 Å². The third-order valence-electron chi connectivity index (χ3n) is 1.93. The summed E-state index contributed by atoms with van der Waals surface area (Å²) in [6, 6.07) is 0. The van der Waals surface area contributed by atoms with Gasteiger partial charge < -0.3 is 15.2 Å². The van der Waals surface area contributed by atoms with Crippen molar-refractivity contribution < 1.29 is 9.47 Å². The number of hydrogen-bond donors (Lipinski definition) is 1. The topological polar surface area (TPSA) is 70.3 Å². The molecule has 2 N–H and O–H groups in total. The lowest BCUT2D eigenvalue weighted by Crippen LogP contribution is -2.22. The van der Waals surface area contributed by atoms with Crippen LogP contribution in [0.2, 0.25) is 5.28 Å². The van der Waals surface area contributed by atoms with Crippen LogP contribution >= 0.6 is 11.6 Å².